The van der Waals surface area contributed by atoms with Gasteiger partial charge in [0.1, 0.15) is 6.54 Å². The fourth-order valence-corrected chi connectivity index (χ4v) is 2.56. The molecule has 1 aliphatic rings. The number of hydrogen-bond donors (Lipinski definition) is 3. The maximum Gasteiger partial charge on any atom is 0.242 e. The number of carbonyl (C=O) groups excluding carboxylic acids is 1. The highest BCUT2D eigenvalue weighted by molar-refractivity contribution is 5.85. The van der Waals surface area contributed by atoms with Gasteiger partial charge in [0, 0.05) is 19.1 Å². The second kappa shape index (κ2) is 10.1. The predicted octanol–water partition coefficient (Wildman–Crippen LogP) is 2.58. The maximum absolute atomic E-state index is 11.7. The molecule has 0 unspecified atom stereocenters. The van der Waals surface area contributed by atoms with Crippen molar-refractivity contribution in [2.45, 2.75) is 58.4 Å². The molecule has 1 aromatic rings. The van der Waals surface area contributed by atoms with Gasteiger partial charge >= 0.3 is 0 Å². The van der Waals surface area contributed by atoms with Crippen molar-refractivity contribution in [2.24, 2.45) is 4.99 Å². The largest absolute Gasteiger partial charge is 0.357 e. The summed E-state index contributed by atoms with van der Waals surface area (Å²) in [6, 6.07) is 9.27. The van der Waals surface area contributed by atoms with E-state index in [1.807, 2.05) is 6.92 Å². The Morgan fingerprint density at radius 3 is 2.52 bits per heavy atom. The smallest absolute Gasteiger partial charge is 0.242 e. The zero-order chi connectivity index (χ0) is 18.1. The van der Waals surface area contributed by atoms with Crippen LogP contribution in [0.4, 0.5) is 0 Å². The van der Waals surface area contributed by atoms with E-state index in [9.17, 15) is 4.79 Å². The van der Waals surface area contributed by atoms with Crippen LogP contribution in [-0.2, 0) is 11.2 Å². The van der Waals surface area contributed by atoms with Crippen LogP contribution >= 0.6 is 0 Å². The highest BCUT2D eigenvalue weighted by atomic mass is 16.2. The molecule has 0 bridgehead atoms. The number of nitrogens with one attached hydrogen (secondary N) is 3. The second-order valence-corrected chi connectivity index (χ2v) is 6.96. The lowest BCUT2D eigenvalue weighted by molar-refractivity contribution is -0.119. The van der Waals surface area contributed by atoms with Crippen LogP contribution in [-0.4, -0.2) is 37.5 Å². The van der Waals surface area contributed by atoms with Gasteiger partial charge in [0.05, 0.1) is 0 Å². The van der Waals surface area contributed by atoms with Gasteiger partial charge in [0.15, 0.2) is 5.96 Å². The van der Waals surface area contributed by atoms with Crippen LogP contribution in [0.25, 0.3) is 0 Å². The lowest BCUT2D eigenvalue weighted by Gasteiger charge is -2.11. The van der Waals surface area contributed by atoms with Gasteiger partial charge in [-0.3, -0.25) is 4.79 Å². The van der Waals surface area contributed by atoms with Crippen LogP contribution < -0.4 is 16.0 Å². The Hall–Kier alpha value is -2.04. The number of aryl methyl sites for hydroxylation is 1. The van der Waals surface area contributed by atoms with Crippen LogP contribution in [0.15, 0.2) is 29.3 Å². The highest BCUT2D eigenvalue weighted by Gasteiger charge is 2.22. The number of guanidine groups is 1. The van der Waals surface area contributed by atoms with E-state index < -0.39 is 0 Å². The first-order chi connectivity index (χ1) is 12.1. The quantitative estimate of drug-likeness (QED) is 0.366. The lowest BCUT2D eigenvalue weighted by Crippen LogP contribution is -2.39. The Morgan fingerprint density at radius 2 is 1.92 bits per heavy atom. The van der Waals surface area contributed by atoms with E-state index in [0.717, 1.165) is 38.8 Å². The van der Waals surface area contributed by atoms with Gasteiger partial charge in [-0.05, 0) is 49.7 Å². The zero-order valence-electron chi connectivity index (χ0n) is 15.8. The fourth-order valence-electron chi connectivity index (χ4n) is 2.56. The summed E-state index contributed by atoms with van der Waals surface area (Å²) in [6.07, 6.45) is 4.27. The Bertz CT molecular complexity index is 562. The topological polar surface area (TPSA) is 65.5 Å². The van der Waals surface area contributed by atoms with Crippen LogP contribution in [0.5, 0.6) is 0 Å². The Balaban J connectivity index is 1.69. The Morgan fingerprint density at radius 1 is 1.20 bits per heavy atom. The Kier molecular flexibility index (Phi) is 7.76. The van der Waals surface area contributed by atoms with Crippen molar-refractivity contribution in [3.63, 3.8) is 0 Å². The standard InChI is InChI=1S/C20H32N4O/c1-4-21-20(23-14-19(25)24-18-11-12-18)22-13-5-6-16-7-9-17(10-8-16)15(2)3/h7-10,15,18H,4-6,11-14H2,1-3H3,(H,24,25)(H2,21,22,23). The minimum absolute atomic E-state index is 0.00458. The normalized spacial score (nSPS) is 14.5. The molecule has 25 heavy (non-hydrogen) atoms. The summed E-state index contributed by atoms with van der Waals surface area (Å²) in [4.78, 5) is 16.1. The van der Waals surface area contributed by atoms with E-state index in [2.05, 4.69) is 59.1 Å². The van der Waals surface area contributed by atoms with Gasteiger partial charge < -0.3 is 16.0 Å². The molecule has 0 radical (unpaired) electrons. The lowest BCUT2D eigenvalue weighted by atomic mass is 10.0. The van der Waals surface area contributed by atoms with Gasteiger partial charge in [0.25, 0.3) is 0 Å². The molecule has 1 aliphatic carbocycles. The number of amides is 1. The number of hydrogen-bond acceptors (Lipinski definition) is 2. The first-order valence-corrected chi connectivity index (χ1v) is 9.49. The van der Waals surface area contributed by atoms with Gasteiger partial charge in [-0.1, -0.05) is 38.1 Å². The van der Waals surface area contributed by atoms with Crippen molar-refractivity contribution in [1.29, 1.82) is 0 Å². The van der Waals surface area contributed by atoms with Crippen LogP contribution in [0.3, 0.4) is 0 Å². The van der Waals surface area contributed by atoms with E-state index in [4.69, 9.17) is 0 Å². The molecule has 1 fully saturated rings. The van der Waals surface area contributed by atoms with Gasteiger partial charge in [-0.25, -0.2) is 4.99 Å². The zero-order valence-corrected chi connectivity index (χ0v) is 15.8. The van der Waals surface area contributed by atoms with Crippen LogP contribution in [0.2, 0.25) is 0 Å². The van der Waals surface area contributed by atoms with Crippen LogP contribution in [0, 0.1) is 0 Å². The van der Waals surface area contributed by atoms with Gasteiger partial charge in [-0.15, -0.1) is 0 Å². The molecule has 0 saturated heterocycles. The molecule has 0 atom stereocenters. The average molecular weight is 345 g/mol. The molecule has 0 aromatic heterocycles. The molecule has 1 saturated carbocycles. The van der Waals surface area contributed by atoms with Crippen molar-refractivity contribution in [3.8, 4) is 0 Å². The summed E-state index contributed by atoms with van der Waals surface area (Å²) < 4.78 is 0. The van der Waals surface area contributed by atoms with E-state index in [-0.39, 0.29) is 12.5 Å². The van der Waals surface area contributed by atoms with E-state index >= 15 is 0 Å². The van der Waals surface area contributed by atoms with E-state index in [1.54, 1.807) is 0 Å². The van der Waals surface area contributed by atoms with Gasteiger partial charge in [0.2, 0.25) is 5.91 Å². The predicted molar refractivity (Wildman–Crippen MR) is 104 cm³/mol. The molecule has 0 heterocycles. The van der Waals surface area contributed by atoms with Crippen molar-refractivity contribution < 1.29 is 4.79 Å². The average Bonchev–Trinajstić information content (AvgIpc) is 3.40. The summed E-state index contributed by atoms with van der Waals surface area (Å²) in [5.41, 5.74) is 2.74. The molecule has 3 N–H and O–H groups in total. The number of carbonyl (C=O) groups is 1. The van der Waals surface area contributed by atoms with Crippen LogP contribution in [0.1, 0.15) is 57.1 Å². The first kappa shape index (κ1) is 19.3. The van der Waals surface area contributed by atoms with E-state index in [0.29, 0.717) is 17.9 Å². The summed E-state index contributed by atoms with van der Waals surface area (Å²) in [5.74, 6) is 1.29. The van der Waals surface area contributed by atoms with Crippen molar-refractivity contribution >= 4 is 11.9 Å². The van der Waals surface area contributed by atoms with Crippen molar-refractivity contribution in [1.82, 2.24) is 16.0 Å². The monoisotopic (exact) mass is 344 g/mol. The maximum atomic E-state index is 11.7. The molecule has 0 aliphatic heterocycles. The molecule has 1 amide bonds. The molecule has 5 heteroatoms. The Labute approximate surface area is 151 Å². The SMILES string of the molecule is CCNC(=NCC(=O)NC1CC1)NCCCc1ccc(C(C)C)cc1. The summed E-state index contributed by atoms with van der Waals surface area (Å²) in [5, 5.41) is 9.44. The molecule has 0 spiro atoms. The third kappa shape index (κ3) is 7.59. The summed E-state index contributed by atoms with van der Waals surface area (Å²) in [7, 11) is 0. The minimum atomic E-state index is 0.00458. The fraction of sp³-hybridized carbons (Fsp3) is 0.600. The second-order valence-electron chi connectivity index (χ2n) is 6.96. The first-order valence-electron chi connectivity index (χ1n) is 9.49. The van der Waals surface area contributed by atoms with E-state index in [1.165, 1.54) is 11.1 Å². The number of rotatable bonds is 9. The molecular weight excluding hydrogens is 312 g/mol. The molecule has 5 nitrogen and oxygen atoms in total. The highest BCUT2D eigenvalue weighted by Crippen LogP contribution is 2.18. The van der Waals surface area contributed by atoms with Crippen molar-refractivity contribution in [2.75, 3.05) is 19.6 Å². The summed E-state index contributed by atoms with van der Waals surface area (Å²) in [6.45, 7) is 8.26. The summed E-state index contributed by atoms with van der Waals surface area (Å²) >= 11 is 0. The molecule has 138 valence electrons. The molecule has 1 aromatic carbocycles. The molecular formula is C20H32N4O. The van der Waals surface area contributed by atoms with Crippen molar-refractivity contribution in [3.05, 3.63) is 35.4 Å². The number of nitrogens with zero attached hydrogens (tertiary/aromatic N) is 1. The molecule has 2 rings (SSSR count). The third-order valence-corrected chi connectivity index (χ3v) is 4.25. The van der Waals surface area contributed by atoms with Gasteiger partial charge in [-0.2, -0.15) is 0 Å². The number of aliphatic imine (C=N–C) groups is 1. The minimum Gasteiger partial charge on any atom is -0.357 e. The third-order valence-electron chi connectivity index (χ3n) is 4.25. The number of benzene rings is 1.